The molecule has 0 aliphatic carbocycles. The van der Waals surface area contributed by atoms with Crippen LogP contribution in [0.3, 0.4) is 0 Å². The van der Waals surface area contributed by atoms with E-state index >= 15 is 0 Å². The van der Waals surface area contributed by atoms with Crippen LogP contribution in [0.2, 0.25) is 5.02 Å². The van der Waals surface area contributed by atoms with Gasteiger partial charge in [-0.2, -0.15) is 0 Å². The Morgan fingerprint density at radius 1 is 1.22 bits per heavy atom. The highest BCUT2D eigenvalue weighted by atomic mass is 35.5. The molecular weight excluding hydrogens is 248 g/mol. The zero-order valence-electron chi connectivity index (χ0n) is 10.9. The molecule has 1 aliphatic heterocycles. The lowest BCUT2D eigenvalue weighted by molar-refractivity contribution is 0.189. The Morgan fingerprint density at radius 3 is 2.50 bits per heavy atom. The second-order valence-electron chi connectivity index (χ2n) is 4.69. The first kappa shape index (κ1) is 13.7. The Balaban J connectivity index is 2.01. The van der Waals surface area contributed by atoms with Gasteiger partial charge in [-0.1, -0.05) is 24.6 Å². The van der Waals surface area contributed by atoms with E-state index in [1.165, 1.54) is 5.56 Å². The maximum absolute atomic E-state index is 8.93. The Kier molecular flexibility index (Phi) is 4.87. The number of aryl methyl sites for hydroxylation is 1. The maximum atomic E-state index is 8.93. The Bertz CT molecular complexity index is 389. The summed E-state index contributed by atoms with van der Waals surface area (Å²) in [6.07, 6.45) is 1.02. The molecule has 2 rings (SSSR count). The molecule has 0 radical (unpaired) electrons. The van der Waals surface area contributed by atoms with Gasteiger partial charge >= 0.3 is 0 Å². The fraction of sp³-hybridized carbons (Fsp3) is 0.571. The first-order valence-corrected chi connectivity index (χ1v) is 6.99. The van der Waals surface area contributed by atoms with Crippen molar-refractivity contribution in [3.05, 3.63) is 28.8 Å². The molecule has 1 heterocycles. The van der Waals surface area contributed by atoms with Crippen LogP contribution in [0.4, 0.5) is 5.69 Å². The number of hydrogen-bond acceptors (Lipinski definition) is 3. The smallest absolute Gasteiger partial charge is 0.0642 e. The fourth-order valence-electron chi connectivity index (χ4n) is 2.38. The third kappa shape index (κ3) is 3.16. The third-order valence-electron chi connectivity index (χ3n) is 3.55. The van der Waals surface area contributed by atoms with E-state index in [9.17, 15) is 0 Å². The van der Waals surface area contributed by atoms with Gasteiger partial charge in [0.1, 0.15) is 0 Å². The van der Waals surface area contributed by atoms with Gasteiger partial charge in [0, 0.05) is 32.7 Å². The van der Waals surface area contributed by atoms with Crippen molar-refractivity contribution in [1.29, 1.82) is 0 Å². The summed E-state index contributed by atoms with van der Waals surface area (Å²) in [5, 5.41) is 9.78. The van der Waals surface area contributed by atoms with Crippen LogP contribution in [0.5, 0.6) is 0 Å². The largest absolute Gasteiger partial charge is 0.395 e. The molecule has 1 aromatic carbocycles. The van der Waals surface area contributed by atoms with Crippen molar-refractivity contribution < 1.29 is 5.11 Å². The molecule has 3 nitrogen and oxygen atoms in total. The Labute approximate surface area is 114 Å². The van der Waals surface area contributed by atoms with Crippen molar-refractivity contribution in [1.82, 2.24) is 4.90 Å². The van der Waals surface area contributed by atoms with Crippen molar-refractivity contribution in [2.24, 2.45) is 0 Å². The van der Waals surface area contributed by atoms with Crippen LogP contribution in [-0.4, -0.2) is 49.3 Å². The predicted molar refractivity (Wildman–Crippen MR) is 76.6 cm³/mol. The number of β-amino-alcohol motifs (C(OH)–C–C–N with tert-alkyl or cyclic N) is 1. The van der Waals surface area contributed by atoms with Crippen LogP contribution in [0.1, 0.15) is 12.5 Å². The third-order valence-corrected chi connectivity index (χ3v) is 3.85. The van der Waals surface area contributed by atoms with Gasteiger partial charge in [0.25, 0.3) is 0 Å². The molecule has 0 spiro atoms. The summed E-state index contributed by atoms with van der Waals surface area (Å²) in [4.78, 5) is 4.61. The number of halogens is 1. The summed E-state index contributed by atoms with van der Waals surface area (Å²) in [7, 11) is 0. The van der Waals surface area contributed by atoms with Crippen molar-refractivity contribution in [2.75, 3.05) is 44.2 Å². The fourth-order valence-corrected chi connectivity index (χ4v) is 2.70. The van der Waals surface area contributed by atoms with E-state index in [1.807, 2.05) is 0 Å². The van der Waals surface area contributed by atoms with Gasteiger partial charge < -0.3 is 10.0 Å². The second-order valence-corrected chi connectivity index (χ2v) is 5.10. The molecule has 0 bridgehead atoms. The molecule has 1 saturated heterocycles. The molecule has 0 amide bonds. The highest BCUT2D eigenvalue weighted by molar-refractivity contribution is 6.33. The highest BCUT2D eigenvalue weighted by Crippen LogP contribution is 2.27. The van der Waals surface area contributed by atoms with Gasteiger partial charge in [-0.05, 0) is 24.1 Å². The SMILES string of the molecule is CCc1ccc(N2CCN(CCO)CC2)c(Cl)c1. The molecular formula is C14H21ClN2O. The van der Waals surface area contributed by atoms with E-state index in [4.69, 9.17) is 16.7 Å². The van der Waals surface area contributed by atoms with Gasteiger partial charge in [0.2, 0.25) is 0 Å². The number of rotatable bonds is 4. The van der Waals surface area contributed by atoms with Crippen LogP contribution in [0, 0.1) is 0 Å². The topological polar surface area (TPSA) is 26.7 Å². The lowest BCUT2D eigenvalue weighted by Crippen LogP contribution is -2.47. The summed E-state index contributed by atoms with van der Waals surface area (Å²) < 4.78 is 0. The Hall–Kier alpha value is -0.770. The summed E-state index contributed by atoms with van der Waals surface area (Å²) >= 11 is 6.34. The van der Waals surface area contributed by atoms with E-state index in [-0.39, 0.29) is 6.61 Å². The number of piperazine rings is 1. The first-order valence-electron chi connectivity index (χ1n) is 6.61. The lowest BCUT2D eigenvalue weighted by atomic mass is 10.1. The van der Waals surface area contributed by atoms with E-state index in [2.05, 4.69) is 34.9 Å². The minimum atomic E-state index is 0.242. The number of aliphatic hydroxyl groups excluding tert-OH is 1. The van der Waals surface area contributed by atoms with Crippen LogP contribution < -0.4 is 4.90 Å². The molecule has 4 heteroatoms. The number of nitrogens with zero attached hydrogens (tertiary/aromatic N) is 2. The van der Waals surface area contributed by atoms with E-state index in [0.717, 1.165) is 49.9 Å². The molecule has 1 aromatic rings. The average molecular weight is 269 g/mol. The number of anilines is 1. The van der Waals surface area contributed by atoms with Gasteiger partial charge in [0.15, 0.2) is 0 Å². The van der Waals surface area contributed by atoms with Crippen molar-refractivity contribution in [2.45, 2.75) is 13.3 Å². The molecule has 0 unspecified atom stereocenters. The monoisotopic (exact) mass is 268 g/mol. The van der Waals surface area contributed by atoms with Crippen LogP contribution in [-0.2, 0) is 6.42 Å². The van der Waals surface area contributed by atoms with Gasteiger partial charge in [-0.15, -0.1) is 0 Å². The predicted octanol–water partition coefficient (Wildman–Crippen LogP) is 2.02. The van der Waals surface area contributed by atoms with Crippen molar-refractivity contribution in [3.8, 4) is 0 Å². The van der Waals surface area contributed by atoms with E-state index < -0.39 is 0 Å². The Morgan fingerprint density at radius 2 is 1.94 bits per heavy atom. The number of benzene rings is 1. The van der Waals surface area contributed by atoms with Gasteiger partial charge in [0.05, 0.1) is 17.3 Å². The van der Waals surface area contributed by atoms with Crippen molar-refractivity contribution in [3.63, 3.8) is 0 Å². The average Bonchev–Trinajstić information content (AvgIpc) is 2.40. The highest BCUT2D eigenvalue weighted by Gasteiger charge is 2.18. The van der Waals surface area contributed by atoms with Crippen LogP contribution in [0.15, 0.2) is 18.2 Å². The summed E-state index contributed by atoms with van der Waals surface area (Å²) in [6.45, 7) is 7.09. The minimum absolute atomic E-state index is 0.242. The lowest BCUT2D eigenvalue weighted by Gasteiger charge is -2.36. The summed E-state index contributed by atoms with van der Waals surface area (Å²) in [5.74, 6) is 0. The molecule has 1 aliphatic rings. The minimum Gasteiger partial charge on any atom is -0.395 e. The molecule has 0 aromatic heterocycles. The molecule has 1 fully saturated rings. The van der Waals surface area contributed by atoms with E-state index in [1.54, 1.807) is 0 Å². The van der Waals surface area contributed by atoms with Crippen LogP contribution in [0.25, 0.3) is 0 Å². The quantitative estimate of drug-likeness (QED) is 0.905. The number of aliphatic hydroxyl groups is 1. The zero-order valence-corrected chi connectivity index (χ0v) is 11.7. The molecule has 0 atom stereocenters. The van der Waals surface area contributed by atoms with Gasteiger partial charge in [-0.3, -0.25) is 4.90 Å². The molecule has 0 saturated carbocycles. The van der Waals surface area contributed by atoms with E-state index in [0.29, 0.717) is 0 Å². The first-order chi connectivity index (χ1) is 8.74. The van der Waals surface area contributed by atoms with Gasteiger partial charge in [-0.25, -0.2) is 0 Å². The normalized spacial score (nSPS) is 17.2. The number of hydrogen-bond donors (Lipinski definition) is 1. The molecule has 1 N–H and O–H groups in total. The van der Waals surface area contributed by atoms with Crippen LogP contribution >= 0.6 is 11.6 Å². The summed E-state index contributed by atoms with van der Waals surface area (Å²) in [5.41, 5.74) is 2.42. The summed E-state index contributed by atoms with van der Waals surface area (Å²) in [6, 6.07) is 6.35. The standard InChI is InChI=1S/C14H21ClN2O/c1-2-12-3-4-14(13(15)11-12)17-7-5-16(6-8-17)9-10-18/h3-4,11,18H,2,5-10H2,1H3. The zero-order chi connectivity index (χ0) is 13.0. The second kappa shape index (κ2) is 6.41. The van der Waals surface area contributed by atoms with Crippen molar-refractivity contribution >= 4 is 17.3 Å². The molecule has 100 valence electrons. The maximum Gasteiger partial charge on any atom is 0.0642 e. The molecule has 18 heavy (non-hydrogen) atoms.